The smallest absolute Gasteiger partial charge is 0.261 e. The number of carbonyl (C=O) groups is 1. The molecule has 110 valence electrons. The molecule has 0 spiro atoms. The SMILES string of the molecule is Cc1cc(C)c(NC(=O)c2c(F)cc(Br)cc2F)c(C)c1. The molecule has 0 saturated heterocycles. The minimum Gasteiger partial charge on any atom is -0.321 e. The molecule has 2 rings (SSSR count). The summed E-state index contributed by atoms with van der Waals surface area (Å²) in [6, 6.07) is 5.92. The van der Waals surface area contributed by atoms with Crippen molar-refractivity contribution in [2.75, 3.05) is 5.32 Å². The van der Waals surface area contributed by atoms with Gasteiger partial charge in [-0.1, -0.05) is 33.6 Å². The monoisotopic (exact) mass is 353 g/mol. The van der Waals surface area contributed by atoms with Gasteiger partial charge in [0.05, 0.1) is 0 Å². The number of aryl methyl sites for hydroxylation is 3. The standard InChI is InChI=1S/C16H14BrF2NO/c1-8-4-9(2)15(10(3)5-8)20-16(21)14-12(18)6-11(17)7-13(14)19/h4-7H,1-3H3,(H,20,21). The first-order valence-corrected chi connectivity index (χ1v) is 7.12. The zero-order chi connectivity index (χ0) is 15.7. The molecule has 0 radical (unpaired) electrons. The molecule has 0 unspecified atom stereocenters. The van der Waals surface area contributed by atoms with Gasteiger partial charge in [-0.25, -0.2) is 8.78 Å². The van der Waals surface area contributed by atoms with E-state index in [4.69, 9.17) is 0 Å². The summed E-state index contributed by atoms with van der Waals surface area (Å²) in [6.07, 6.45) is 0. The lowest BCUT2D eigenvalue weighted by atomic mass is 10.0. The Morgan fingerprint density at radius 2 is 1.48 bits per heavy atom. The zero-order valence-electron chi connectivity index (χ0n) is 11.9. The lowest BCUT2D eigenvalue weighted by Gasteiger charge is -2.13. The van der Waals surface area contributed by atoms with Crippen molar-refractivity contribution < 1.29 is 13.6 Å². The van der Waals surface area contributed by atoms with Gasteiger partial charge in [-0.2, -0.15) is 0 Å². The van der Waals surface area contributed by atoms with Crippen LogP contribution in [0, 0.1) is 32.4 Å². The minimum atomic E-state index is -0.901. The normalized spacial score (nSPS) is 10.6. The molecule has 0 fully saturated rings. The second-order valence-corrected chi connectivity index (χ2v) is 5.89. The van der Waals surface area contributed by atoms with Crippen LogP contribution in [0.5, 0.6) is 0 Å². The number of anilines is 1. The van der Waals surface area contributed by atoms with Crippen LogP contribution in [0.2, 0.25) is 0 Å². The first-order chi connectivity index (χ1) is 9.79. The molecule has 0 aromatic heterocycles. The molecule has 0 atom stereocenters. The van der Waals surface area contributed by atoms with Gasteiger partial charge in [0.25, 0.3) is 5.91 Å². The van der Waals surface area contributed by atoms with E-state index in [1.54, 1.807) is 0 Å². The molecule has 1 N–H and O–H groups in total. The number of carbonyl (C=O) groups excluding carboxylic acids is 1. The number of benzene rings is 2. The molecular weight excluding hydrogens is 340 g/mol. The largest absolute Gasteiger partial charge is 0.321 e. The highest BCUT2D eigenvalue weighted by Crippen LogP contribution is 2.25. The van der Waals surface area contributed by atoms with E-state index in [0.29, 0.717) is 5.69 Å². The highest BCUT2D eigenvalue weighted by Gasteiger charge is 2.19. The fourth-order valence-electron chi connectivity index (χ4n) is 2.31. The van der Waals surface area contributed by atoms with Gasteiger partial charge < -0.3 is 5.32 Å². The molecule has 21 heavy (non-hydrogen) atoms. The molecule has 1 amide bonds. The maximum Gasteiger partial charge on any atom is 0.261 e. The Labute approximate surface area is 130 Å². The van der Waals surface area contributed by atoms with Gasteiger partial charge in [-0.15, -0.1) is 0 Å². The van der Waals surface area contributed by atoms with Crippen LogP contribution in [0.4, 0.5) is 14.5 Å². The van der Waals surface area contributed by atoms with Crippen LogP contribution >= 0.6 is 15.9 Å². The summed E-state index contributed by atoms with van der Waals surface area (Å²) in [5, 5.41) is 2.59. The van der Waals surface area contributed by atoms with Crippen LogP contribution in [0.1, 0.15) is 27.0 Å². The molecule has 2 aromatic carbocycles. The summed E-state index contributed by atoms with van der Waals surface area (Å²) in [7, 11) is 0. The van der Waals surface area contributed by atoms with Crippen LogP contribution in [-0.4, -0.2) is 5.91 Å². The third kappa shape index (κ3) is 3.29. The summed E-state index contributed by atoms with van der Waals surface area (Å²) in [4.78, 5) is 12.1. The maximum atomic E-state index is 13.8. The number of halogens is 3. The molecule has 0 aliphatic carbocycles. The van der Waals surface area contributed by atoms with Crippen LogP contribution < -0.4 is 5.32 Å². The summed E-state index contributed by atoms with van der Waals surface area (Å²) < 4.78 is 27.8. The Balaban J connectivity index is 2.40. The Morgan fingerprint density at radius 1 is 1.00 bits per heavy atom. The third-order valence-electron chi connectivity index (χ3n) is 3.15. The first-order valence-electron chi connectivity index (χ1n) is 6.33. The fourth-order valence-corrected chi connectivity index (χ4v) is 2.71. The van der Waals surface area contributed by atoms with Crippen molar-refractivity contribution in [2.24, 2.45) is 0 Å². The van der Waals surface area contributed by atoms with Crippen molar-refractivity contribution in [3.8, 4) is 0 Å². The Bertz CT molecular complexity index is 682. The second-order valence-electron chi connectivity index (χ2n) is 4.97. The summed E-state index contributed by atoms with van der Waals surface area (Å²) >= 11 is 2.98. The van der Waals surface area contributed by atoms with E-state index in [2.05, 4.69) is 21.2 Å². The summed E-state index contributed by atoms with van der Waals surface area (Å²) in [5.74, 6) is -2.60. The highest BCUT2D eigenvalue weighted by molar-refractivity contribution is 9.10. The van der Waals surface area contributed by atoms with Crippen LogP contribution in [-0.2, 0) is 0 Å². The van der Waals surface area contributed by atoms with E-state index in [1.807, 2.05) is 32.9 Å². The second kappa shape index (κ2) is 5.93. The predicted octanol–water partition coefficient (Wildman–Crippen LogP) is 4.90. The number of amides is 1. The Morgan fingerprint density at radius 3 is 1.95 bits per heavy atom. The van der Waals surface area contributed by atoms with E-state index in [1.165, 1.54) is 0 Å². The van der Waals surface area contributed by atoms with Crippen LogP contribution in [0.25, 0.3) is 0 Å². The predicted molar refractivity (Wildman–Crippen MR) is 82.7 cm³/mol. The summed E-state index contributed by atoms with van der Waals surface area (Å²) in [6.45, 7) is 5.62. The van der Waals surface area contributed by atoms with E-state index < -0.39 is 23.1 Å². The molecule has 2 aromatic rings. The average Bonchev–Trinajstić information content (AvgIpc) is 2.32. The van der Waals surface area contributed by atoms with Crippen LogP contribution in [0.15, 0.2) is 28.7 Å². The summed E-state index contributed by atoms with van der Waals surface area (Å²) in [5.41, 5.74) is 2.74. The van der Waals surface area contributed by atoms with Crippen molar-refractivity contribution in [2.45, 2.75) is 20.8 Å². The van der Waals surface area contributed by atoms with Gasteiger partial charge in [0.2, 0.25) is 0 Å². The van der Waals surface area contributed by atoms with Gasteiger partial charge in [-0.3, -0.25) is 4.79 Å². The van der Waals surface area contributed by atoms with Gasteiger partial charge >= 0.3 is 0 Å². The lowest BCUT2D eigenvalue weighted by Crippen LogP contribution is -2.17. The van der Waals surface area contributed by atoms with Crippen molar-refractivity contribution in [1.82, 2.24) is 0 Å². The lowest BCUT2D eigenvalue weighted by molar-refractivity contribution is 0.101. The quantitative estimate of drug-likeness (QED) is 0.816. The van der Waals surface area contributed by atoms with Gasteiger partial charge in [0.1, 0.15) is 17.2 Å². The number of hydrogen-bond donors (Lipinski definition) is 1. The van der Waals surface area contributed by atoms with Gasteiger partial charge in [0, 0.05) is 10.2 Å². The van der Waals surface area contributed by atoms with Crippen molar-refractivity contribution in [3.05, 3.63) is 62.6 Å². The van der Waals surface area contributed by atoms with Crippen LogP contribution in [0.3, 0.4) is 0 Å². The van der Waals surface area contributed by atoms with Gasteiger partial charge in [-0.05, 0) is 44.0 Å². The third-order valence-corrected chi connectivity index (χ3v) is 3.61. The van der Waals surface area contributed by atoms with E-state index >= 15 is 0 Å². The van der Waals surface area contributed by atoms with E-state index in [-0.39, 0.29) is 4.47 Å². The molecule has 0 aliphatic rings. The molecule has 0 aliphatic heterocycles. The number of hydrogen-bond acceptors (Lipinski definition) is 1. The van der Waals surface area contributed by atoms with E-state index in [0.717, 1.165) is 28.8 Å². The van der Waals surface area contributed by atoms with Crippen molar-refractivity contribution in [3.63, 3.8) is 0 Å². The molecule has 0 heterocycles. The molecule has 5 heteroatoms. The van der Waals surface area contributed by atoms with Crippen molar-refractivity contribution in [1.29, 1.82) is 0 Å². The molecule has 0 bridgehead atoms. The molecule has 0 saturated carbocycles. The average molecular weight is 354 g/mol. The van der Waals surface area contributed by atoms with E-state index in [9.17, 15) is 13.6 Å². The number of nitrogens with one attached hydrogen (secondary N) is 1. The van der Waals surface area contributed by atoms with Gasteiger partial charge in [0.15, 0.2) is 0 Å². The molecular formula is C16H14BrF2NO. The molecule has 2 nitrogen and oxygen atoms in total. The fraction of sp³-hybridized carbons (Fsp3) is 0.188. The maximum absolute atomic E-state index is 13.8. The Hall–Kier alpha value is -1.75. The number of rotatable bonds is 2. The topological polar surface area (TPSA) is 29.1 Å². The minimum absolute atomic E-state index is 0.247. The zero-order valence-corrected chi connectivity index (χ0v) is 13.4. The first kappa shape index (κ1) is 15.6. The Kier molecular flexibility index (Phi) is 4.42. The highest BCUT2D eigenvalue weighted by atomic mass is 79.9. The van der Waals surface area contributed by atoms with Crippen molar-refractivity contribution >= 4 is 27.5 Å².